The highest BCUT2D eigenvalue weighted by Gasteiger charge is 2.56. The number of alkyl halides is 3. The maximum absolute atomic E-state index is 13.8. The SMILES string of the molecule is O=C(Cn1c2c(sc1=O)[C@H](c1ccc(Br)cc1)C1C(=O)N(c3ccccc3)C(=O)C1S2)Nc1ccccc1C(F)(F)F. The van der Waals surface area contributed by atoms with E-state index in [9.17, 15) is 32.3 Å². The van der Waals surface area contributed by atoms with Crippen molar-refractivity contribution in [3.05, 3.63) is 109 Å². The number of carbonyl (C=O) groups is 3. The fourth-order valence-electron chi connectivity index (χ4n) is 5.29. The number of halogens is 4. The smallest absolute Gasteiger partial charge is 0.324 e. The van der Waals surface area contributed by atoms with E-state index in [0.717, 1.165) is 44.6 Å². The molecule has 2 aliphatic heterocycles. The highest BCUT2D eigenvalue weighted by Crippen LogP contribution is 2.54. The lowest BCUT2D eigenvalue weighted by molar-refractivity contribution is -0.137. The summed E-state index contributed by atoms with van der Waals surface area (Å²) in [5.74, 6) is -3.14. The second kappa shape index (κ2) is 10.9. The Morgan fingerprint density at radius 2 is 1.57 bits per heavy atom. The molecule has 0 spiro atoms. The Morgan fingerprint density at radius 3 is 2.26 bits per heavy atom. The lowest BCUT2D eigenvalue weighted by atomic mass is 9.83. The number of nitrogens with one attached hydrogen (secondary N) is 1. The Bertz CT molecular complexity index is 1770. The molecule has 1 aromatic heterocycles. The molecule has 3 amide bonds. The fraction of sp³-hybridized carbons (Fsp3) is 0.172. The van der Waals surface area contributed by atoms with Gasteiger partial charge in [-0.15, -0.1) is 0 Å². The van der Waals surface area contributed by atoms with Gasteiger partial charge in [-0.3, -0.25) is 23.7 Å². The van der Waals surface area contributed by atoms with Crippen LogP contribution >= 0.6 is 39.0 Å². The largest absolute Gasteiger partial charge is 0.418 e. The van der Waals surface area contributed by atoms with Gasteiger partial charge in [0.1, 0.15) is 11.8 Å². The van der Waals surface area contributed by atoms with E-state index in [2.05, 4.69) is 21.2 Å². The maximum atomic E-state index is 13.8. The predicted octanol–water partition coefficient (Wildman–Crippen LogP) is 6.13. The first-order chi connectivity index (χ1) is 20.0. The molecule has 3 atom stereocenters. The number of thioether (sulfide) groups is 1. The Morgan fingerprint density at radius 1 is 0.905 bits per heavy atom. The molecule has 13 heteroatoms. The normalized spacial score (nSPS) is 19.9. The Balaban J connectivity index is 1.40. The molecule has 3 heterocycles. The zero-order valence-corrected chi connectivity index (χ0v) is 24.5. The van der Waals surface area contributed by atoms with Crippen molar-refractivity contribution in [1.82, 2.24) is 4.57 Å². The molecular weight excluding hydrogens is 655 g/mol. The van der Waals surface area contributed by atoms with Crippen LogP contribution in [0.5, 0.6) is 0 Å². The van der Waals surface area contributed by atoms with E-state index in [4.69, 9.17) is 0 Å². The summed E-state index contributed by atoms with van der Waals surface area (Å²) in [4.78, 5) is 54.9. The van der Waals surface area contributed by atoms with Crippen molar-refractivity contribution in [1.29, 1.82) is 0 Å². The number of rotatable bonds is 5. The minimum absolute atomic E-state index is 0.342. The first kappa shape index (κ1) is 28.4. The van der Waals surface area contributed by atoms with E-state index >= 15 is 0 Å². The number of para-hydroxylation sites is 2. The van der Waals surface area contributed by atoms with Gasteiger partial charge in [-0.05, 0) is 42.0 Å². The fourth-order valence-corrected chi connectivity index (χ4v) is 8.33. The standard InChI is InChI=1S/C29H19BrF3N3O4S2/c30-16-12-10-15(11-13-16)21-22-23(26(39)36(25(22)38)17-6-2-1-3-7-17)41-27-24(21)42-28(40)35(27)14-20(37)34-19-9-5-4-8-18(19)29(31,32)33/h1-13,21-23H,14H2,(H,34,37)/t21-,22?,23?/m1/s1. The quantitative estimate of drug-likeness (QED) is 0.258. The van der Waals surface area contributed by atoms with Crippen molar-refractivity contribution < 1.29 is 27.6 Å². The van der Waals surface area contributed by atoms with Crippen LogP contribution in [0.15, 0.2) is 93.2 Å². The van der Waals surface area contributed by atoms with Crippen molar-refractivity contribution in [2.24, 2.45) is 5.92 Å². The molecule has 6 rings (SSSR count). The van der Waals surface area contributed by atoms with Gasteiger partial charge in [-0.1, -0.05) is 81.5 Å². The van der Waals surface area contributed by atoms with E-state index in [1.54, 1.807) is 42.5 Å². The summed E-state index contributed by atoms with van der Waals surface area (Å²) in [5.41, 5.74) is -0.299. The molecule has 2 aliphatic rings. The lowest BCUT2D eigenvalue weighted by Crippen LogP contribution is -2.33. The molecular formula is C29H19BrF3N3O4S2. The number of amides is 3. The molecule has 0 aliphatic carbocycles. The van der Waals surface area contributed by atoms with E-state index < -0.39 is 63.7 Å². The third kappa shape index (κ3) is 4.99. The van der Waals surface area contributed by atoms with Crippen molar-refractivity contribution in [3.63, 3.8) is 0 Å². The molecule has 7 nitrogen and oxygen atoms in total. The minimum Gasteiger partial charge on any atom is -0.324 e. The molecule has 1 saturated heterocycles. The summed E-state index contributed by atoms with van der Waals surface area (Å²) in [7, 11) is 0. The van der Waals surface area contributed by atoms with Crippen LogP contribution in [0.2, 0.25) is 0 Å². The van der Waals surface area contributed by atoms with Gasteiger partial charge in [0.25, 0.3) is 0 Å². The zero-order chi connectivity index (χ0) is 29.8. The van der Waals surface area contributed by atoms with Crippen molar-refractivity contribution in [2.75, 3.05) is 10.2 Å². The molecule has 214 valence electrons. The van der Waals surface area contributed by atoms with Crippen molar-refractivity contribution >= 4 is 68.1 Å². The second-order valence-corrected chi connectivity index (χ2v) is 12.7. The molecule has 2 unspecified atom stereocenters. The first-order valence-corrected chi connectivity index (χ1v) is 15.1. The maximum Gasteiger partial charge on any atom is 0.418 e. The van der Waals surface area contributed by atoms with Crippen LogP contribution in [0, 0.1) is 5.92 Å². The number of hydrogen-bond donors (Lipinski definition) is 1. The van der Waals surface area contributed by atoms with Crippen molar-refractivity contribution in [3.8, 4) is 0 Å². The summed E-state index contributed by atoms with van der Waals surface area (Å²) in [6, 6.07) is 20.3. The van der Waals surface area contributed by atoms with Crippen LogP contribution in [0.4, 0.5) is 24.5 Å². The molecule has 0 radical (unpaired) electrons. The average molecular weight is 675 g/mol. The second-order valence-electron chi connectivity index (χ2n) is 9.66. The van der Waals surface area contributed by atoms with E-state index in [-0.39, 0.29) is 0 Å². The summed E-state index contributed by atoms with van der Waals surface area (Å²) >= 11 is 5.30. The van der Waals surface area contributed by atoms with Crippen LogP contribution in [-0.2, 0) is 27.1 Å². The van der Waals surface area contributed by atoms with E-state index in [1.807, 2.05) is 12.1 Å². The van der Waals surface area contributed by atoms with Crippen LogP contribution < -0.4 is 15.1 Å². The number of anilines is 2. The van der Waals surface area contributed by atoms with Gasteiger partial charge in [0.05, 0.1) is 27.9 Å². The van der Waals surface area contributed by atoms with Gasteiger partial charge in [0.15, 0.2) is 0 Å². The zero-order valence-electron chi connectivity index (χ0n) is 21.3. The molecule has 1 fully saturated rings. The molecule has 4 aromatic rings. The third-order valence-electron chi connectivity index (χ3n) is 7.10. The molecule has 3 aromatic carbocycles. The van der Waals surface area contributed by atoms with Crippen LogP contribution in [0.1, 0.15) is 21.9 Å². The number of benzene rings is 3. The monoisotopic (exact) mass is 673 g/mol. The van der Waals surface area contributed by atoms with Gasteiger partial charge >= 0.3 is 11.0 Å². The van der Waals surface area contributed by atoms with Crippen LogP contribution in [0.25, 0.3) is 0 Å². The summed E-state index contributed by atoms with van der Waals surface area (Å²) in [5, 5.41) is 1.73. The number of hydrogen-bond acceptors (Lipinski definition) is 6. The molecule has 0 bridgehead atoms. The topological polar surface area (TPSA) is 88.5 Å². The summed E-state index contributed by atoms with van der Waals surface area (Å²) in [6.45, 7) is -0.571. The van der Waals surface area contributed by atoms with Gasteiger partial charge in [0.2, 0.25) is 17.7 Å². The first-order valence-electron chi connectivity index (χ1n) is 12.6. The number of carbonyl (C=O) groups excluding carboxylic acids is 3. The molecule has 42 heavy (non-hydrogen) atoms. The van der Waals surface area contributed by atoms with Gasteiger partial charge in [-0.2, -0.15) is 13.2 Å². The molecule has 1 N–H and O–H groups in total. The summed E-state index contributed by atoms with van der Waals surface area (Å²) in [6.07, 6.45) is -4.69. The number of imide groups is 1. The Kier molecular flexibility index (Phi) is 7.36. The Hall–Kier alpha value is -3.68. The van der Waals surface area contributed by atoms with E-state index in [0.29, 0.717) is 21.2 Å². The van der Waals surface area contributed by atoms with Crippen LogP contribution in [0.3, 0.4) is 0 Å². The number of nitrogens with zero attached hydrogens (tertiary/aromatic N) is 2. The highest BCUT2D eigenvalue weighted by atomic mass is 79.9. The number of fused-ring (bicyclic) bond motifs is 2. The van der Waals surface area contributed by atoms with E-state index in [1.165, 1.54) is 16.7 Å². The van der Waals surface area contributed by atoms with Crippen molar-refractivity contribution in [2.45, 2.75) is 28.9 Å². The number of aromatic nitrogens is 1. The van der Waals surface area contributed by atoms with Gasteiger partial charge in [-0.25, -0.2) is 4.90 Å². The molecule has 0 saturated carbocycles. The Labute approximate surface area is 253 Å². The highest BCUT2D eigenvalue weighted by molar-refractivity contribution is 9.10. The minimum atomic E-state index is -4.69. The van der Waals surface area contributed by atoms with Gasteiger partial charge in [0, 0.05) is 15.3 Å². The lowest BCUT2D eigenvalue weighted by Gasteiger charge is -2.30. The average Bonchev–Trinajstić information content (AvgIpc) is 3.40. The third-order valence-corrected chi connectivity index (χ3v) is 10.2. The number of thiazole rings is 1. The van der Waals surface area contributed by atoms with Crippen LogP contribution in [-0.4, -0.2) is 27.5 Å². The van der Waals surface area contributed by atoms with Gasteiger partial charge < -0.3 is 5.32 Å². The summed E-state index contributed by atoms with van der Waals surface area (Å²) < 4.78 is 42.4. The predicted molar refractivity (Wildman–Crippen MR) is 157 cm³/mol.